The zero-order valence-electron chi connectivity index (χ0n) is 11.6. The fourth-order valence-corrected chi connectivity index (χ4v) is 3.29. The van der Waals surface area contributed by atoms with Crippen LogP contribution in [0.4, 0.5) is 4.39 Å². The molecule has 1 N–H and O–H groups in total. The van der Waals surface area contributed by atoms with Gasteiger partial charge in [-0.1, -0.05) is 12.1 Å². The molecule has 1 saturated heterocycles. The molecule has 21 heavy (non-hydrogen) atoms. The van der Waals surface area contributed by atoms with Gasteiger partial charge in [0.25, 0.3) is 5.91 Å². The van der Waals surface area contributed by atoms with Crippen LogP contribution in [0.3, 0.4) is 0 Å². The van der Waals surface area contributed by atoms with Crippen molar-refractivity contribution in [1.82, 2.24) is 15.1 Å². The quantitative estimate of drug-likeness (QED) is 0.922. The normalized spacial score (nSPS) is 20.2. The van der Waals surface area contributed by atoms with Crippen LogP contribution in [0.5, 0.6) is 0 Å². The lowest BCUT2D eigenvalue weighted by Gasteiger charge is -2.41. The molecule has 1 atom stereocenters. The van der Waals surface area contributed by atoms with Crippen LogP contribution in [-0.2, 0) is 12.8 Å². The van der Waals surface area contributed by atoms with Gasteiger partial charge in [-0.05, 0) is 43.4 Å². The molecule has 4 rings (SSSR count). The van der Waals surface area contributed by atoms with Crippen molar-refractivity contribution in [2.45, 2.75) is 31.7 Å². The Morgan fingerprint density at radius 1 is 1.29 bits per heavy atom. The van der Waals surface area contributed by atoms with Crippen LogP contribution < -0.4 is 0 Å². The van der Waals surface area contributed by atoms with E-state index in [1.54, 1.807) is 12.1 Å². The summed E-state index contributed by atoms with van der Waals surface area (Å²) in [5.74, 6) is -0.254. The summed E-state index contributed by atoms with van der Waals surface area (Å²) in [6.07, 6.45) is 3.92. The van der Waals surface area contributed by atoms with Gasteiger partial charge in [0.1, 0.15) is 5.82 Å². The fraction of sp³-hybridized carbons (Fsp3) is 0.375. The molecule has 108 valence electrons. The Balaban J connectivity index is 1.58. The van der Waals surface area contributed by atoms with Gasteiger partial charge in [0, 0.05) is 17.8 Å². The van der Waals surface area contributed by atoms with E-state index in [4.69, 9.17) is 0 Å². The van der Waals surface area contributed by atoms with Gasteiger partial charge < -0.3 is 4.90 Å². The fourth-order valence-electron chi connectivity index (χ4n) is 3.29. The van der Waals surface area contributed by atoms with Gasteiger partial charge in [-0.3, -0.25) is 9.89 Å². The Labute approximate surface area is 122 Å². The summed E-state index contributed by atoms with van der Waals surface area (Å²) < 4.78 is 13.0. The monoisotopic (exact) mass is 285 g/mol. The first-order chi connectivity index (χ1) is 10.2. The highest BCUT2D eigenvalue weighted by Crippen LogP contribution is 2.35. The zero-order chi connectivity index (χ0) is 14.4. The van der Waals surface area contributed by atoms with Crippen molar-refractivity contribution in [3.63, 3.8) is 0 Å². The van der Waals surface area contributed by atoms with E-state index in [1.165, 1.54) is 12.1 Å². The molecule has 5 heteroatoms. The number of hydrogen-bond acceptors (Lipinski definition) is 2. The SMILES string of the molecule is O=C(c1n[nH]c2c1CCC2)N1CCC1c1ccc(F)cc1. The second-order valence-corrected chi connectivity index (χ2v) is 5.74. The highest BCUT2D eigenvalue weighted by atomic mass is 19.1. The molecule has 1 fully saturated rings. The molecular formula is C16H16FN3O. The number of aryl methyl sites for hydroxylation is 1. The van der Waals surface area contributed by atoms with E-state index < -0.39 is 0 Å². The molecule has 2 aromatic rings. The third-order valence-electron chi connectivity index (χ3n) is 4.54. The molecule has 2 aliphatic rings. The minimum Gasteiger partial charge on any atom is -0.330 e. The Morgan fingerprint density at radius 3 is 2.81 bits per heavy atom. The number of rotatable bonds is 2. The van der Waals surface area contributed by atoms with Gasteiger partial charge in [0.05, 0.1) is 6.04 Å². The minimum atomic E-state index is -0.249. The van der Waals surface area contributed by atoms with E-state index in [1.807, 2.05) is 4.90 Å². The number of nitrogens with one attached hydrogen (secondary N) is 1. The molecule has 1 aromatic carbocycles. The molecule has 0 radical (unpaired) electrons. The lowest BCUT2D eigenvalue weighted by Crippen LogP contribution is -2.45. The van der Waals surface area contributed by atoms with E-state index in [-0.39, 0.29) is 17.8 Å². The lowest BCUT2D eigenvalue weighted by molar-refractivity contribution is 0.0453. The number of hydrogen-bond donors (Lipinski definition) is 1. The smallest absolute Gasteiger partial charge is 0.275 e. The number of likely N-dealkylation sites (tertiary alicyclic amines) is 1. The topological polar surface area (TPSA) is 49.0 Å². The number of benzene rings is 1. The second kappa shape index (κ2) is 4.69. The summed E-state index contributed by atoms with van der Waals surface area (Å²) in [7, 11) is 0. The summed E-state index contributed by atoms with van der Waals surface area (Å²) in [6, 6.07) is 6.46. The van der Waals surface area contributed by atoms with Crippen LogP contribution in [0, 0.1) is 5.82 Å². The van der Waals surface area contributed by atoms with Gasteiger partial charge in [-0.15, -0.1) is 0 Å². The predicted molar refractivity (Wildman–Crippen MR) is 75.4 cm³/mol. The first-order valence-corrected chi connectivity index (χ1v) is 7.36. The third kappa shape index (κ3) is 1.95. The number of carbonyl (C=O) groups is 1. The van der Waals surface area contributed by atoms with E-state index in [0.717, 1.165) is 49.0 Å². The van der Waals surface area contributed by atoms with Crippen LogP contribution in [-0.4, -0.2) is 27.5 Å². The number of carbonyl (C=O) groups excluding carboxylic acids is 1. The van der Waals surface area contributed by atoms with Gasteiger partial charge in [0.15, 0.2) is 5.69 Å². The molecule has 1 unspecified atom stereocenters. The highest BCUT2D eigenvalue weighted by molar-refractivity contribution is 5.95. The Bertz CT molecular complexity index is 692. The predicted octanol–water partition coefficient (Wildman–Crippen LogP) is 2.62. The molecule has 4 nitrogen and oxygen atoms in total. The maximum Gasteiger partial charge on any atom is 0.275 e. The molecule has 2 heterocycles. The molecule has 1 aliphatic carbocycles. The third-order valence-corrected chi connectivity index (χ3v) is 4.54. The Kier molecular flexibility index (Phi) is 2.80. The molecular weight excluding hydrogens is 269 g/mol. The first kappa shape index (κ1) is 12.6. The van der Waals surface area contributed by atoms with Crippen molar-refractivity contribution in [2.24, 2.45) is 0 Å². The number of aromatic nitrogens is 2. The summed E-state index contributed by atoms with van der Waals surface area (Å²) in [4.78, 5) is 14.5. The van der Waals surface area contributed by atoms with Gasteiger partial charge in [0.2, 0.25) is 0 Å². The maximum atomic E-state index is 13.0. The highest BCUT2D eigenvalue weighted by Gasteiger charge is 2.36. The Morgan fingerprint density at radius 2 is 2.10 bits per heavy atom. The van der Waals surface area contributed by atoms with E-state index in [0.29, 0.717) is 5.69 Å². The Hall–Kier alpha value is -2.17. The van der Waals surface area contributed by atoms with Crippen molar-refractivity contribution in [3.05, 3.63) is 52.6 Å². The second-order valence-electron chi connectivity index (χ2n) is 5.74. The van der Waals surface area contributed by atoms with Crippen molar-refractivity contribution in [2.75, 3.05) is 6.54 Å². The average molecular weight is 285 g/mol. The van der Waals surface area contributed by atoms with Crippen molar-refractivity contribution in [3.8, 4) is 0 Å². The minimum absolute atomic E-state index is 0.00465. The summed E-state index contributed by atoms with van der Waals surface area (Å²) in [5.41, 5.74) is 3.76. The van der Waals surface area contributed by atoms with Crippen molar-refractivity contribution < 1.29 is 9.18 Å². The number of aromatic amines is 1. The van der Waals surface area contributed by atoms with E-state index >= 15 is 0 Å². The van der Waals surface area contributed by atoms with Gasteiger partial charge in [-0.2, -0.15) is 5.10 Å². The molecule has 0 spiro atoms. The van der Waals surface area contributed by atoms with Gasteiger partial charge >= 0.3 is 0 Å². The molecule has 0 saturated carbocycles. The standard InChI is InChI=1S/C16H16FN3O/c17-11-6-4-10(5-7-11)14-8-9-20(14)16(21)15-12-2-1-3-13(12)18-19-15/h4-7,14H,1-3,8-9H2,(H,18,19). The molecule has 1 aliphatic heterocycles. The number of H-pyrrole nitrogens is 1. The lowest BCUT2D eigenvalue weighted by atomic mass is 9.94. The average Bonchev–Trinajstić information content (AvgIpc) is 3.02. The van der Waals surface area contributed by atoms with Crippen molar-refractivity contribution in [1.29, 1.82) is 0 Å². The summed E-state index contributed by atoms with van der Waals surface area (Å²) in [6.45, 7) is 0.739. The maximum absolute atomic E-state index is 13.0. The van der Waals surface area contributed by atoms with Crippen LogP contribution >= 0.6 is 0 Å². The van der Waals surface area contributed by atoms with Crippen LogP contribution in [0.15, 0.2) is 24.3 Å². The molecule has 1 amide bonds. The van der Waals surface area contributed by atoms with Crippen LogP contribution in [0.1, 0.15) is 46.2 Å². The number of fused-ring (bicyclic) bond motifs is 1. The largest absolute Gasteiger partial charge is 0.330 e. The van der Waals surface area contributed by atoms with E-state index in [9.17, 15) is 9.18 Å². The number of nitrogens with zero attached hydrogens (tertiary/aromatic N) is 2. The first-order valence-electron chi connectivity index (χ1n) is 7.36. The molecule has 0 bridgehead atoms. The van der Waals surface area contributed by atoms with Crippen LogP contribution in [0.2, 0.25) is 0 Å². The number of halogens is 1. The molecule has 1 aromatic heterocycles. The van der Waals surface area contributed by atoms with Crippen LogP contribution in [0.25, 0.3) is 0 Å². The summed E-state index contributed by atoms with van der Waals surface area (Å²) >= 11 is 0. The number of amides is 1. The van der Waals surface area contributed by atoms with Crippen molar-refractivity contribution >= 4 is 5.91 Å². The van der Waals surface area contributed by atoms with E-state index in [2.05, 4.69) is 10.2 Å². The summed E-state index contributed by atoms with van der Waals surface area (Å²) in [5, 5.41) is 7.19. The zero-order valence-corrected chi connectivity index (χ0v) is 11.6. The van der Waals surface area contributed by atoms with Gasteiger partial charge in [-0.25, -0.2) is 4.39 Å².